The molecule has 41 heavy (non-hydrogen) atoms. The third-order valence-electron chi connectivity index (χ3n) is 10.6. The van der Waals surface area contributed by atoms with Crippen molar-refractivity contribution in [3.05, 3.63) is 59.2 Å². The normalized spacial score (nSPS) is 27.4. The summed E-state index contributed by atoms with van der Waals surface area (Å²) in [5.41, 5.74) is 15.8. The van der Waals surface area contributed by atoms with Crippen molar-refractivity contribution in [1.82, 2.24) is 19.9 Å². The number of anilines is 2. The van der Waals surface area contributed by atoms with E-state index in [0.29, 0.717) is 23.7 Å². The van der Waals surface area contributed by atoms with Gasteiger partial charge in [-0.15, -0.1) is 0 Å². The van der Waals surface area contributed by atoms with E-state index in [-0.39, 0.29) is 28.1 Å². The van der Waals surface area contributed by atoms with Crippen LogP contribution >= 0.6 is 0 Å². The van der Waals surface area contributed by atoms with Crippen molar-refractivity contribution in [1.29, 1.82) is 0 Å². The van der Waals surface area contributed by atoms with Gasteiger partial charge in [0.1, 0.15) is 0 Å². The zero-order valence-corrected chi connectivity index (χ0v) is 26.8. The highest BCUT2D eigenvalue weighted by atomic mass is 28.4. The minimum atomic E-state index is -1.85. The fourth-order valence-electron chi connectivity index (χ4n) is 6.96. The number of nitrogens with two attached hydrogens (primary N) is 2. The van der Waals surface area contributed by atoms with Gasteiger partial charge in [-0.25, -0.2) is 19.9 Å². The van der Waals surface area contributed by atoms with Gasteiger partial charge in [0.15, 0.2) is 8.32 Å². The number of nitrogens with zero attached hydrogens (tertiary/aromatic N) is 4. The third-order valence-corrected chi connectivity index (χ3v) is 15.1. The van der Waals surface area contributed by atoms with Gasteiger partial charge in [0.2, 0.25) is 11.9 Å². The summed E-state index contributed by atoms with van der Waals surface area (Å²) in [6.07, 6.45) is 17.9. The first-order valence-corrected chi connectivity index (χ1v) is 18.0. The summed E-state index contributed by atoms with van der Waals surface area (Å²) >= 11 is 0. The molecule has 5 N–H and O–H groups in total. The smallest absolute Gasteiger partial charge is 0.220 e. The van der Waals surface area contributed by atoms with Gasteiger partial charge in [-0.2, -0.15) is 0 Å². The number of fused-ring (bicyclic) bond motifs is 4. The molecule has 0 saturated carbocycles. The molecule has 2 heterocycles. The molecule has 4 aliphatic rings. The molecule has 4 unspecified atom stereocenters. The predicted molar refractivity (Wildman–Crippen MR) is 167 cm³/mol. The molecule has 4 atom stereocenters. The number of hydrogen-bond acceptors (Lipinski definition) is 8. The summed E-state index contributed by atoms with van der Waals surface area (Å²) in [6, 6.07) is 0. The molecule has 4 aliphatic carbocycles. The second-order valence-electron chi connectivity index (χ2n) is 14.3. The molecule has 2 aromatic heterocycles. The van der Waals surface area contributed by atoms with Gasteiger partial charge in [0, 0.05) is 23.2 Å². The molecule has 0 aliphatic heterocycles. The van der Waals surface area contributed by atoms with Crippen molar-refractivity contribution >= 4 is 20.2 Å². The Morgan fingerprint density at radius 2 is 1.24 bits per heavy atom. The lowest BCUT2D eigenvalue weighted by atomic mass is 9.66. The number of aliphatic hydroxyl groups excluding tert-OH is 1. The largest absolute Gasteiger partial charge is 0.413 e. The van der Waals surface area contributed by atoms with Gasteiger partial charge < -0.3 is 21.0 Å². The number of nitrogen functional groups attached to an aromatic ring is 2. The Kier molecular flexibility index (Phi) is 7.70. The van der Waals surface area contributed by atoms with Crippen LogP contribution in [0.2, 0.25) is 18.1 Å². The molecule has 222 valence electrons. The first kappa shape index (κ1) is 29.9. The number of allylic oxidation sites excluding steroid dienone is 4. The topological polar surface area (TPSA) is 133 Å². The minimum absolute atomic E-state index is 0.0611. The van der Waals surface area contributed by atoms with Crippen LogP contribution in [0.5, 0.6) is 0 Å². The van der Waals surface area contributed by atoms with Gasteiger partial charge in [-0.3, -0.25) is 0 Å². The van der Waals surface area contributed by atoms with E-state index in [9.17, 15) is 5.11 Å². The first-order valence-electron chi connectivity index (χ1n) is 15.1. The number of aromatic nitrogens is 4. The van der Waals surface area contributed by atoms with Crippen LogP contribution in [-0.4, -0.2) is 45.6 Å². The maximum absolute atomic E-state index is 10.4. The Hall–Kier alpha value is -2.62. The first-order chi connectivity index (χ1) is 19.2. The Balaban J connectivity index is 0.000000174. The second kappa shape index (κ2) is 10.6. The van der Waals surface area contributed by atoms with Crippen molar-refractivity contribution < 1.29 is 9.53 Å². The average Bonchev–Trinajstić information content (AvgIpc) is 3.58. The van der Waals surface area contributed by atoms with Crippen LogP contribution in [-0.2, 0) is 15.3 Å². The predicted octanol–water partition coefficient (Wildman–Crippen LogP) is 6.06. The van der Waals surface area contributed by atoms with Crippen LogP contribution in [0.25, 0.3) is 0 Å². The Labute approximate surface area is 246 Å². The van der Waals surface area contributed by atoms with Crippen LogP contribution < -0.4 is 11.5 Å². The van der Waals surface area contributed by atoms with Crippen LogP contribution in [0, 0.1) is 0 Å². The molecule has 6 rings (SSSR count). The lowest BCUT2D eigenvalue weighted by molar-refractivity contribution is 0.0591. The highest BCUT2D eigenvalue weighted by molar-refractivity contribution is 6.74. The standard InChI is InChI=1S/C19H31N3OSi.C13H17N3O/c1-13-11-15(23-24(5,6)18(2,3)4)19(9-7-8-10-19)16-14(13)12-21-17(20)22-16;1-8-6-10(17)13(4-2-3-5-13)11-9(8)7-15-12(14)16-11/h7-8,12-13,15H,9-11H2,1-6H3,(H2,20,21,22);2-3,7-8,10,17H,4-6H2,1H3,(H2,14,15,16). The molecule has 0 amide bonds. The molecule has 0 saturated heterocycles. The average molecular weight is 577 g/mol. The van der Waals surface area contributed by atoms with E-state index in [0.717, 1.165) is 55.5 Å². The summed E-state index contributed by atoms with van der Waals surface area (Å²) in [5.74, 6) is 1.38. The van der Waals surface area contributed by atoms with Gasteiger partial charge in [0.25, 0.3) is 0 Å². The number of aliphatic hydroxyl groups is 1. The van der Waals surface area contributed by atoms with Crippen molar-refractivity contribution in [2.45, 2.75) is 126 Å². The van der Waals surface area contributed by atoms with E-state index in [1.165, 1.54) is 5.56 Å². The molecule has 0 aromatic carbocycles. The fourth-order valence-corrected chi connectivity index (χ4v) is 8.34. The maximum Gasteiger partial charge on any atom is 0.220 e. The summed E-state index contributed by atoms with van der Waals surface area (Å²) in [4.78, 5) is 17.5. The minimum Gasteiger partial charge on any atom is -0.413 e. The summed E-state index contributed by atoms with van der Waals surface area (Å²) in [6.45, 7) is 16.0. The van der Waals surface area contributed by atoms with E-state index in [1.54, 1.807) is 0 Å². The lowest BCUT2D eigenvalue weighted by Gasteiger charge is -2.49. The molecule has 2 spiro atoms. The van der Waals surface area contributed by atoms with E-state index in [4.69, 9.17) is 20.9 Å². The molecule has 0 bridgehead atoms. The fraction of sp³-hybridized carbons (Fsp3) is 0.625. The van der Waals surface area contributed by atoms with Crippen LogP contribution in [0.3, 0.4) is 0 Å². The van der Waals surface area contributed by atoms with Gasteiger partial charge >= 0.3 is 0 Å². The Morgan fingerprint density at radius 1 is 0.805 bits per heavy atom. The molecule has 9 heteroatoms. The second-order valence-corrected chi connectivity index (χ2v) is 19.0. The summed E-state index contributed by atoms with van der Waals surface area (Å²) in [5, 5.41) is 10.6. The summed E-state index contributed by atoms with van der Waals surface area (Å²) in [7, 11) is -1.85. The van der Waals surface area contributed by atoms with Crippen LogP contribution in [0.15, 0.2) is 36.7 Å². The molecular formula is C32H48N6O2Si. The molecular weight excluding hydrogens is 528 g/mol. The zero-order valence-electron chi connectivity index (χ0n) is 25.8. The lowest BCUT2D eigenvalue weighted by Crippen LogP contribution is -2.53. The van der Waals surface area contributed by atoms with Gasteiger partial charge in [0.05, 0.1) is 23.6 Å². The SMILES string of the molecule is CC1CC(O)C2(CC=CC2)c2nc(N)ncc21.CC1CC(O[Si](C)(C)C(C)(C)C)C2(CC=CC2)c2nc(N)ncc21. The quantitative estimate of drug-likeness (QED) is 0.290. The van der Waals surface area contributed by atoms with E-state index in [2.05, 4.69) is 87.0 Å². The zero-order chi connectivity index (χ0) is 29.8. The van der Waals surface area contributed by atoms with Crippen molar-refractivity contribution in [3.63, 3.8) is 0 Å². The molecule has 2 aromatic rings. The van der Waals surface area contributed by atoms with Crippen molar-refractivity contribution in [3.8, 4) is 0 Å². The summed E-state index contributed by atoms with van der Waals surface area (Å²) < 4.78 is 6.95. The van der Waals surface area contributed by atoms with E-state index in [1.807, 2.05) is 12.4 Å². The number of hydrogen-bond donors (Lipinski definition) is 3. The molecule has 0 radical (unpaired) electrons. The monoisotopic (exact) mass is 576 g/mol. The van der Waals surface area contributed by atoms with Gasteiger partial charge in [-0.05, 0) is 79.6 Å². The van der Waals surface area contributed by atoms with Crippen molar-refractivity contribution in [2.24, 2.45) is 0 Å². The Morgan fingerprint density at radius 3 is 1.73 bits per heavy atom. The number of rotatable bonds is 2. The van der Waals surface area contributed by atoms with Crippen molar-refractivity contribution in [2.75, 3.05) is 11.5 Å². The molecule has 0 fully saturated rings. The van der Waals surface area contributed by atoms with Gasteiger partial charge in [-0.1, -0.05) is 58.9 Å². The third kappa shape index (κ3) is 5.14. The highest BCUT2D eigenvalue weighted by Crippen LogP contribution is 2.52. The van der Waals surface area contributed by atoms with E-state index >= 15 is 0 Å². The highest BCUT2D eigenvalue weighted by Gasteiger charge is 2.52. The van der Waals surface area contributed by atoms with Crippen LogP contribution in [0.1, 0.15) is 107 Å². The Bertz CT molecular complexity index is 1330. The maximum atomic E-state index is 10.4. The van der Waals surface area contributed by atoms with E-state index < -0.39 is 8.32 Å². The van der Waals surface area contributed by atoms with Crippen LogP contribution in [0.4, 0.5) is 11.9 Å². The molecule has 8 nitrogen and oxygen atoms in total.